The fraction of sp³-hybridized carbons (Fsp3) is 0. The van der Waals surface area contributed by atoms with Crippen LogP contribution in [0.3, 0.4) is 0 Å². The molecule has 2 aromatic heterocycles. The Kier molecular flexibility index (Phi) is 2.19. The van der Waals surface area contributed by atoms with Gasteiger partial charge >= 0.3 is 0 Å². The smallest absolute Gasteiger partial charge is 0.271 e. The van der Waals surface area contributed by atoms with Crippen LogP contribution in [0.1, 0.15) is 0 Å². The van der Waals surface area contributed by atoms with E-state index in [1.54, 1.807) is 18.4 Å². The first-order valence-electron chi connectivity index (χ1n) is 5.26. The molecule has 84 valence electrons. The Bertz CT molecular complexity index is 663. The van der Waals surface area contributed by atoms with Gasteiger partial charge in [0.25, 0.3) is 5.56 Å². The molecule has 17 heavy (non-hydrogen) atoms. The predicted molar refractivity (Wildman–Crippen MR) is 64.1 cm³/mol. The van der Waals surface area contributed by atoms with Gasteiger partial charge in [0.2, 0.25) is 0 Å². The number of hydrogen-bond acceptors (Lipinski definition) is 2. The summed E-state index contributed by atoms with van der Waals surface area (Å²) in [5.74, 6) is 0.650. The molecular weight excluding hydrogens is 216 g/mol. The molecule has 4 nitrogen and oxygen atoms in total. The second kappa shape index (κ2) is 3.83. The van der Waals surface area contributed by atoms with Crippen molar-refractivity contribution in [3.05, 3.63) is 65.1 Å². The zero-order valence-electron chi connectivity index (χ0n) is 8.96. The van der Waals surface area contributed by atoms with E-state index in [9.17, 15) is 4.79 Å². The molecule has 2 heterocycles. The molecule has 1 aromatic carbocycles. The zero-order valence-corrected chi connectivity index (χ0v) is 8.96. The molecule has 0 aliphatic rings. The Morgan fingerprint density at radius 3 is 2.59 bits per heavy atom. The molecule has 3 rings (SSSR count). The van der Waals surface area contributed by atoms with E-state index in [0.717, 1.165) is 5.69 Å². The Morgan fingerprint density at radius 2 is 1.88 bits per heavy atom. The number of nitrogens with zero attached hydrogens (tertiary/aromatic N) is 1. The van der Waals surface area contributed by atoms with Crippen LogP contribution in [0.2, 0.25) is 0 Å². The SMILES string of the molecule is O=c1cc(-c2ccco2)[nH]n1-c1ccccc1. The van der Waals surface area contributed by atoms with Crippen molar-refractivity contribution in [1.29, 1.82) is 0 Å². The number of para-hydroxylation sites is 1. The molecule has 0 atom stereocenters. The minimum absolute atomic E-state index is 0.109. The van der Waals surface area contributed by atoms with E-state index in [2.05, 4.69) is 5.10 Å². The van der Waals surface area contributed by atoms with Gasteiger partial charge in [-0.05, 0) is 24.3 Å². The van der Waals surface area contributed by atoms with Crippen molar-refractivity contribution in [1.82, 2.24) is 9.78 Å². The Hall–Kier alpha value is -2.49. The Labute approximate surface area is 97.1 Å². The third kappa shape index (κ3) is 1.69. The average molecular weight is 226 g/mol. The van der Waals surface area contributed by atoms with Crippen LogP contribution in [-0.2, 0) is 0 Å². The number of hydrogen-bond donors (Lipinski definition) is 1. The minimum atomic E-state index is -0.109. The van der Waals surface area contributed by atoms with Gasteiger partial charge in [-0.1, -0.05) is 18.2 Å². The lowest BCUT2D eigenvalue weighted by molar-refractivity contribution is 0.579. The molecule has 0 spiro atoms. The summed E-state index contributed by atoms with van der Waals surface area (Å²) in [7, 11) is 0. The summed E-state index contributed by atoms with van der Waals surface area (Å²) in [4.78, 5) is 11.8. The van der Waals surface area contributed by atoms with Gasteiger partial charge < -0.3 is 4.42 Å². The molecule has 0 bridgehead atoms. The van der Waals surface area contributed by atoms with Crippen molar-refractivity contribution in [2.45, 2.75) is 0 Å². The predicted octanol–water partition coefficient (Wildman–Crippen LogP) is 2.43. The van der Waals surface area contributed by atoms with Crippen LogP contribution in [0.25, 0.3) is 17.1 Å². The van der Waals surface area contributed by atoms with Gasteiger partial charge in [-0.15, -0.1) is 0 Å². The summed E-state index contributed by atoms with van der Waals surface area (Å²) in [6.07, 6.45) is 1.58. The normalized spacial score (nSPS) is 10.6. The highest BCUT2D eigenvalue weighted by molar-refractivity contribution is 5.51. The van der Waals surface area contributed by atoms with Crippen molar-refractivity contribution in [2.75, 3.05) is 0 Å². The average Bonchev–Trinajstić information content (AvgIpc) is 2.99. The first kappa shape index (κ1) is 9.72. The van der Waals surface area contributed by atoms with E-state index in [-0.39, 0.29) is 5.56 Å². The number of benzene rings is 1. The highest BCUT2D eigenvalue weighted by Crippen LogP contribution is 2.16. The minimum Gasteiger partial charge on any atom is -0.463 e. The maximum atomic E-state index is 11.8. The number of rotatable bonds is 2. The molecule has 0 fully saturated rings. The van der Waals surface area contributed by atoms with Crippen LogP contribution in [0.15, 0.2) is 64.0 Å². The van der Waals surface area contributed by atoms with Crippen molar-refractivity contribution in [3.63, 3.8) is 0 Å². The standard InChI is InChI=1S/C13H10N2O2/c16-13-9-11(12-7-4-8-17-12)14-15(13)10-5-2-1-3-6-10/h1-9,14H. The fourth-order valence-electron chi connectivity index (χ4n) is 1.72. The Balaban J connectivity index is 2.12. The van der Waals surface area contributed by atoms with Gasteiger partial charge in [-0.3, -0.25) is 9.89 Å². The third-order valence-electron chi connectivity index (χ3n) is 2.52. The van der Waals surface area contributed by atoms with Crippen molar-refractivity contribution in [2.24, 2.45) is 0 Å². The van der Waals surface area contributed by atoms with Crippen molar-refractivity contribution in [3.8, 4) is 17.1 Å². The van der Waals surface area contributed by atoms with Crippen molar-refractivity contribution < 1.29 is 4.42 Å². The maximum Gasteiger partial charge on any atom is 0.271 e. The van der Waals surface area contributed by atoms with Gasteiger partial charge in [0, 0.05) is 6.07 Å². The summed E-state index contributed by atoms with van der Waals surface area (Å²) in [6, 6.07) is 14.5. The van der Waals surface area contributed by atoms with Crippen LogP contribution >= 0.6 is 0 Å². The molecule has 0 radical (unpaired) electrons. The molecule has 3 aromatic rings. The summed E-state index contributed by atoms with van der Waals surface area (Å²) in [5.41, 5.74) is 1.36. The van der Waals surface area contributed by atoms with E-state index in [1.165, 1.54) is 10.7 Å². The van der Waals surface area contributed by atoms with E-state index < -0.39 is 0 Å². The van der Waals surface area contributed by atoms with Crippen LogP contribution in [0, 0.1) is 0 Å². The molecular formula is C13H10N2O2. The maximum absolute atomic E-state index is 11.8. The summed E-state index contributed by atoms with van der Waals surface area (Å²) in [6.45, 7) is 0. The van der Waals surface area contributed by atoms with Crippen LogP contribution in [0.5, 0.6) is 0 Å². The molecule has 0 unspecified atom stereocenters. The largest absolute Gasteiger partial charge is 0.463 e. The van der Waals surface area contributed by atoms with Gasteiger partial charge in [0.05, 0.1) is 12.0 Å². The molecule has 0 saturated carbocycles. The highest BCUT2D eigenvalue weighted by Gasteiger charge is 2.08. The molecule has 0 aliphatic carbocycles. The zero-order chi connectivity index (χ0) is 11.7. The Morgan fingerprint density at radius 1 is 1.06 bits per heavy atom. The lowest BCUT2D eigenvalue weighted by atomic mass is 10.3. The number of nitrogens with one attached hydrogen (secondary N) is 1. The topological polar surface area (TPSA) is 50.9 Å². The molecule has 0 saturated heterocycles. The van der Waals surface area contributed by atoms with E-state index >= 15 is 0 Å². The van der Waals surface area contributed by atoms with E-state index in [1.807, 2.05) is 30.3 Å². The summed E-state index contributed by atoms with van der Waals surface area (Å²) >= 11 is 0. The van der Waals surface area contributed by atoms with Gasteiger partial charge in [-0.2, -0.15) is 0 Å². The van der Waals surface area contributed by atoms with Crippen LogP contribution in [-0.4, -0.2) is 9.78 Å². The summed E-state index contributed by atoms with van der Waals surface area (Å²) in [5, 5.41) is 3.01. The molecule has 4 heteroatoms. The molecule has 0 amide bonds. The number of furan rings is 1. The fourth-order valence-corrected chi connectivity index (χ4v) is 1.72. The second-order valence-corrected chi connectivity index (χ2v) is 3.66. The van der Waals surface area contributed by atoms with Crippen LogP contribution in [0.4, 0.5) is 0 Å². The van der Waals surface area contributed by atoms with Crippen LogP contribution < -0.4 is 5.56 Å². The van der Waals surface area contributed by atoms with Crippen molar-refractivity contribution >= 4 is 0 Å². The quantitative estimate of drug-likeness (QED) is 0.729. The van der Waals surface area contributed by atoms with Gasteiger partial charge in [-0.25, -0.2) is 4.68 Å². The second-order valence-electron chi connectivity index (χ2n) is 3.66. The first-order valence-corrected chi connectivity index (χ1v) is 5.26. The molecule has 1 N–H and O–H groups in total. The number of aromatic amines is 1. The lowest BCUT2D eigenvalue weighted by Gasteiger charge is -2.00. The molecule has 0 aliphatic heterocycles. The highest BCUT2D eigenvalue weighted by atomic mass is 16.3. The number of H-pyrrole nitrogens is 1. The van der Waals surface area contributed by atoms with Gasteiger partial charge in [0.15, 0.2) is 5.76 Å². The lowest BCUT2D eigenvalue weighted by Crippen LogP contribution is -2.12. The summed E-state index contributed by atoms with van der Waals surface area (Å²) < 4.78 is 6.72. The van der Waals surface area contributed by atoms with Gasteiger partial charge in [0.1, 0.15) is 5.69 Å². The van der Waals surface area contributed by atoms with E-state index in [4.69, 9.17) is 4.42 Å². The monoisotopic (exact) mass is 226 g/mol. The number of aromatic nitrogens is 2. The first-order chi connectivity index (χ1) is 8.34. The third-order valence-corrected chi connectivity index (χ3v) is 2.52. The van der Waals surface area contributed by atoms with E-state index in [0.29, 0.717) is 11.5 Å².